The Bertz CT molecular complexity index is 1850. The van der Waals surface area contributed by atoms with Crippen LogP contribution < -0.4 is 0 Å². The third-order valence-electron chi connectivity index (χ3n) is 9.66. The van der Waals surface area contributed by atoms with Gasteiger partial charge in [-0.2, -0.15) is 0 Å². The molecule has 2 aliphatic carbocycles. The monoisotopic (exact) mass is 534 g/mol. The van der Waals surface area contributed by atoms with Crippen molar-refractivity contribution in [1.82, 2.24) is 0 Å². The number of hydrogen-bond acceptors (Lipinski definition) is 5. The molecular weight excluding hydrogens is 512 g/mol. The summed E-state index contributed by atoms with van der Waals surface area (Å²) in [5, 5.41) is 21.0. The Labute approximate surface area is 235 Å². The number of aromatic hydroxyl groups is 2. The van der Waals surface area contributed by atoms with Gasteiger partial charge in [-0.15, -0.1) is 0 Å². The van der Waals surface area contributed by atoms with E-state index in [0.717, 1.165) is 33.4 Å². The van der Waals surface area contributed by atoms with Gasteiger partial charge >= 0.3 is 0 Å². The molecule has 4 aliphatic rings. The Balaban J connectivity index is 1.35. The number of hydrogen-bond donors (Lipinski definition) is 2. The van der Waals surface area contributed by atoms with Gasteiger partial charge in [0, 0.05) is 23.0 Å². The lowest BCUT2D eigenvalue weighted by Gasteiger charge is -2.49. The van der Waals surface area contributed by atoms with Crippen molar-refractivity contribution in [2.24, 2.45) is 0 Å². The molecule has 5 nitrogen and oxygen atoms in total. The van der Waals surface area contributed by atoms with Crippen molar-refractivity contribution in [3.8, 4) is 11.5 Å². The molecule has 2 N–H and O–H groups in total. The fourth-order valence-electron chi connectivity index (χ4n) is 8.14. The van der Waals surface area contributed by atoms with Gasteiger partial charge in [-0.1, -0.05) is 84.9 Å². The number of carbonyl (C=O) groups is 2. The first-order chi connectivity index (χ1) is 20.0. The standard InChI is InChI=1S/C36H22O5/c37-27-15-16-28(38)30-29(27)33(39)23-17-21-22(18-24(23)34(30)40)32-31(21)35(19-9-3-1-4-10-19)25-13-7-8-14-26(25)36(32,41-35)20-11-5-2-6-12-20/h1-18,31-32,37-38H/t31-,32+,35+,36-. The number of rotatable bonds is 2. The first kappa shape index (κ1) is 22.8. The summed E-state index contributed by atoms with van der Waals surface area (Å²) in [6.07, 6.45) is 0. The van der Waals surface area contributed by atoms with E-state index in [-0.39, 0.29) is 45.6 Å². The van der Waals surface area contributed by atoms with Crippen LogP contribution in [0.2, 0.25) is 0 Å². The highest BCUT2D eigenvalue weighted by Crippen LogP contribution is 2.78. The summed E-state index contributed by atoms with van der Waals surface area (Å²) < 4.78 is 7.43. The highest BCUT2D eigenvalue weighted by atomic mass is 16.5. The van der Waals surface area contributed by atoms with Gasteiger partial charge in [0.2, 0.25) is 0 Å². The van der Waals surface area contributed by atoms with E-state index in [2.05, 4.69) is 36.4 Å². The van der Waals surface area contributed by atoms with Crippen LogP contribution in [0.5, 0.6) is 11.5 Å². The molecule has 2 bridgehead atoms. The molecule has 5 aromatic carbocycles. The predicted molar refractivity (Wildman–Crippen MR) is 151 cm³/mol. The SMILES string of the molecule is O=C1c2cc3c(cc2C(=O)c2c(O)ccc(O)c21)[C@H]1[C@@H]3[C@@]2(c3ccccc3)O[C@]1(c1ccccc1)c1ccccc12. The van der Waals surface area contributed by atoms with Crippen LogP contribution in [0.25, 0.3) is 0 Å². The Kier molecular flexibility index (Phi) is 4.10. The van der Waals surface area contributed by atoms with Gasteiger partial charge < -0.3 is 14.9 Å². The van der Waals surface area contributed by atoms with Gasteiger partial charge in [0.05, 0.1) is 11.1 Å². The van der Waals surface area contributed by atoms with Crippen LogP contribution in [0.15, 0.2) is 109 Å². The third-order valence-corrected chi connectivity index (χ3v) is 9.66. The normalized spacial score (nSPS) is 26.0. The van der Waals surface area contributed by atoms with E-state index < -0.39 is 22.8 Å². The van der Waals surface area contributed by atoms with E-state index in [1.54, 1.807) is 0 Å². The molecule has 0 saturated carbocycles. The van der Waals surface area contributed by atoms with Gasteiger partial charge in [-0.3, -0.25) is 9.59 Å². The molecule has 0 unspecified atom stereocenters. The van der Waals surface area contributed by atoms with E-state index in [1.165, 1.54) is 12.1 Å². The van der Waals surface area contributed by atoms with Gasteiger partial charge in [-0.05, 0) is 57.6 Å². The number of benzene rings is 5. The van der Waals surface area contributed by atoms with Crippen LogP contribution in [0, 0.1) is 0 Å². The molecule has 0 amide bonds. The lowest BCUT2D eigenvalue weighted by Crippen LogP contribution is -2.44. The summed E-state index contributed by atoms with van der Waals surface area (Å²) in [6, 6.07) is 35.0. The first-order valence-corrected chi connectivity index (χ1v) is 13.7. The average Bonchev–Trinajstić information content (AvgIpc) is 3.46. The quantitative estimate of drug-likeness (QED) is 0.255. The second-order valence-electron chi connectivity index (χ2n) is 11.3. The number of phenolic OH excluding ortho intramolecular Hbond substituents is 2. The van der Waals surface area contributed by atoms with Crippen molar-refractivity contribution < 1.29 is 24.5 Å². The van der Waals surface area contributed by atoms with E-state index in [4.69, 9.17) is 4.74 Å². The lowest BCUT2D eigenvalue weighted by molar-refractivity contribution is -0.0452. The highest BCUT2D eigenvalue weighted by molar-refractivity contribution is 6.30. The summed E-state index contributed by atoms with van der Waals surface area (Å²) in [5.74, 6) is -1.79. The van der Waals surface area contributed by atoms with E-state index in [1.807, 2.05) is 60.7 Å². The van der Waals surface area contributed by atoms with Crippen LogP contribution in [0.4, 0.5) is 0 Å². The Morgan fingerprint density at radius 3 is 1.34 bits per heavy atom. The zero-order valence-electron chi connectivity index (χ0n) is 21.7. The summed E-state index contributed by atoms with van der Waals surface area (Å²) in [5.41, 5.74) is 4.83. The smallest absolute Gasteiger partial charge is 0.198 e. The van der Waals surface area contributed by atoms with Crippen molar-refractivity contribution in [3.05, 3.63) is 165 Å². The van der Waals surface area contributed by atoms with Crippen LogP contribution in [0.3, 0.4) is 0 Å². The lowest BCUT2D eigenvalue weighted by atomic mass is 9.49. The molecule has 5 aromatic rings. The summed E-state index contributed by atoms with van der Waals surface area (Å²) in [6.45, 7) is 0. The molecule has 1 saturated heterocycles. The minimum atomic E-state index is -0.792. The van der Waals surface area contributed by atoms with E-state index >= 15 is 0 Å². The fraction of sp³-hybridized carbons (Fsp3) is 0.111. The Hall–Kier alpha value is -5.00. The number of carbonyl (C=O) groups excluding carboxylic acids is 2. The molecule has 0 radical (unpaired) electrons. The Morgan fingerprint density at radius 1 is 0.537 bits per heavy atom. The molecule has 1 fully saturated rings. The molecule has 0 aromatic heterocycles. The summed E-state index contributed by atoms with van der Waals surface area (Å²) in [4.78, 5) is 27.5. The first-order valence-electron chi connectivity index (χ1n) is 13.7. The highest BCUT2D eigenvalue weighted by Gasteiger charge is 2.75. The zero-order valence-corrected chi connectivity index (χ0v) is 21.7. The van der Waals surface area contributed by atoms with Crippen molar-refractivity contribution in [2.45, 2.75) is 23.0 Å². The van der Waals surface area contributed by atoms with Crippen molar-refractivity contribution in [2.75, 3.05) is 0 Å². The predicted octanol–water partition coefficient (Wildman–Crippen LogP) is 6.29. The summed E-state index contributed by atoms with van der Waals surface area (Å²) >= 11 is 0. The molecule has 2 aliphatic heterocycles. The molecule has 0 spiro atoms. The molecule has 5 heteroatoms. The van der Waals surface area contributed by atoms with Crippen molar-refractivity contribution >= 4 is 11.6 Å². The topological polar surface area (TPSA) is 83.8 Å². The van der Waals surface area contributed by atoms with Crippen LogP contribution >= 0.6 is 0 Å². The van der Waals surface area contributed by atoms with Crippen LogP contribution in [-0.2, 0) is 15.9 Å². The second kappa shape index (κ2) is 7.39. The zero-order chi connectivity index (χ0) is 27.7. The van der Waals surface area contributed by atoms with Gasteiger partial charge in [-0.25, -0.2) is 0 Å². The molecule has 4 atom stereocenters. The van der Waals surface area contributed by atoms with Crippen LogP contribution in [0.1, 0.15) is 77.1 Å². The average molecular weight is 535 g/mol. The van der Waals surface area contributed by atoms with Gasteiger partial charge in [0.1, 0.15) is 22.7 Å². The number of fused-ring (bicyclic) bond motifs is 13. The van der Waals surface area contributed by atoms with E-state index in [9.17, 15) is 19.8 Å². The van der Waals surface area contributed by atoms with Crippen LogP contribution in [-0.4, -0.2) is 21.8 Å². The fourth-order valence-corrected chi connectivity index (χ4v) is 8.14. The maximum Gasteiger partial charge on any atom is 0.198 e. The summed E-state index contributed by atoms with van der Waals surface area (Å²) in [7, 11) is 0. The molecule has 41 heavy (non-hydrogen) atoms. The number of ketones is 2. The minimum Gasteiger partial charge on any atom is -0.507 e. The largest absolute Gasteiger partial charge is 0.507 e. The van der Waals surface area contributed by atoms with Gasteiger partial charge in [0.25, 0.3) is 0 Å². The number of ether oxygens (including phenoxy) is 1. The van der Waals surface area contributed by atoms with Gasteiger partial charge in [0.15, 0.2) is 11.6 Å². The second-order valence-corrected chi connectivity index (χ2v) is 11.3. The molecular formula is C36H22O5. The molecule has 2 heterocycles. The van der Waals surface area contributed by atoms with Crippen molar-refractivity contribution in [3.63, 3.8) is 0 Å². The molecule has 196 valence electrons. The van der Waals surface area contributed by atoms with Crippen molar-refractivity contribution in [1.29, 1.82) is 0 Å². The minimum absolute atomic E-state index is 0.109. The maximum absolute atomic E-state index is 13.7. The maximum atomic E-state index is 13.7. The van der Waals surface area contributed by atoms with E-state index in [0.29, 0.717) is 0 Å². The Morgan fingerprint density at radius 2 is 0.927 bits per heavy atom. The third kappa shape index (κ3) is 2.44. The number of phenols is 2. The molecule has 9 rings (SSSR count).